The molecule has 0 heterocycles. The Bertz CT molecular complexity index is 1860. The van der Waals surface area contributed by atoms with Crippen molar-refractivity contribution in [1.29, 1.82) is 0 Å². The molecular weight excluding hydrogens is 994 g/mol. The molecule has 2 unspecified atom stereocenters. The predicted molar refractivity (Wildman–Crippen MR) is 226 cm³/mol. The van der Waals surface area contributed by atoms with Gasteiger partial charge < -0.3 is 24.8 Å². The van der Waals surface area contributed by atoms with Gasteiger partial charge in [0.25, 0.3) is 0 Å². The van der Waals surface area contributed by atoms with Crippen LogP contribution in [0.1, 0.15) is 53.5 Å². The van der Waals surface area contributed by atoms with Gasteiger partial charge in [-0.3, -0.25) is 0 Å². The van der Waals surface area contributed by atoms with Crippen molar-refractivity contribution < 1.29 is 32.6 Å². The van der Waals surface area contributed by atoms with Gasteiger partial charge in [0.2, 0.25) is 12.3 Å². The lowest BCUT2D eigenvalue weighted by atomic mass is 10.1. The molecule has 4 aromatic carbocycles. The molecule has 292 valence electrons. The molecule has 2 aliphatic carbocycles. The van der Waals surface area contributed by atoms with Crippen molar-refractivity contribution in [3.8, 4) is 11.5 Å². The lowest BCUT2D eigenvalue weighted by Gasteiger charge is -2.15. The van der Waals surface area contributed by atoms with Crippen molar-refractivity contribution >= 4 is 98.6 Å². The standard InChI is InChI=1S/C41H39Br4ClF2N2O5/c1-22-6-27(9-30(7-22)49-18-23-2-3-23)20-53-38-32(42)11-25(12-33(38)43)15-36(47)40(51)55-41(52)37(48)16-26-13-34(44)39(35(45)14-26)54-21-28-8-29(46)17-31(10-28)50-19-24-4-5-24/h6-14,17,23-24,36-37,49-50H,2-5,15-16,18-21H2,1H3. The van der Waals surface area contributed by atoms with Crippen LogP contribution in [-0.4, -0.2) is 37.4 Å². The lowest BCUT2D eigenvalue weighted by molar-refractivity contribution is -0.166. The average Bonchev–Trinajstić information content (AvgIpc) is 4.05. The quantitative estimate of drug-likeness (QED) is 0.0758. The van der Waals surface area contributed by atoms with Gasteiger partial charge in [0.15, 0.2) is 0 Å². The van der Waals surface area contributed by atoms with Crippen LogP contribution in [-0.2, 0) is 40.4 Å². The van der Waals surface area contributed by atoms with Gasteiger partial charge in [-0.15, -0.1) is 0 Å². The summed E-state index contributed by atoms with van der Waals surface area (Å²) in [6.45, 7) is 4.42. The first-order chi connectivity index (χ1) is 26.3. The van der Waals surface area contributed by atoms with Crippen molar-refractivity contribution in [2.45, 2.75) is 71.0 Å². The SMILES string of the molecule is Cc1cc(COc2c(Br)cc(CC(F)C(=O)OC(=O)C(F)Cc3cc(Br)c(OCc4cc(Cl)cc(NCC5CC5)c4)c(Br)c3)cc2Br)cc(NCC2CC2)c1. The molecule has 14 heteroatoms. The van der Waals surface area contributed by atoms with Gasteiger partial charge in [-0.05, 0) is 191 Å². The van der Waals surface area contributed by atoms with E-state index in [-0.39, 0.29) is 6.61 Å². The molecule has 2 fully saturated rings. The highest BCUT2D eigenvalue weighted by atomic mass is 79.9. The minimum Gasteiger partial charge on any atom is -0.487 e. The first kappa shape index (κ1) is 41.9. The number of ether oxygens (including phenoxy) is 3. The topological polar surface area (TPSA) is 85.9 Å². The fourth-order valence-corrected chi connectivity index (χ4v) is 9.18. The largest absolute Gasteiger partial charge is 0.487 e. The second-order valence-electron chi connectivity index (χ2n) is 14.1. The first-order valence-electron chi connectivity index (χ1n) is 17.9. The van der Waals surface area contributed by atoms with E-state index in [0.29, 0.717) is 58.1 Å². The zero-order chi connectivity index (χ0) is 39.2. The number of rotatable bonds is 18. The molecule has 2 atom stereocenters. The van der Waals surface area contributed by atoms with E-state index in [1.54, 1.807) is 24.3 Å². The molecule has 0 spiro atoms. The number of hydrogen-bond donors (Lipinski definition) is 2. The van der Waals surface area contributed by atoms with Crippen LogP contribution in [0.5, 0.6) is 11.5 Å². The molecule has 4 aromatic rings. The number of carbonyl (C=O) groups is 2. The van der Waals surface area contributed by atoms with Crippen LogP contribution in [0.15, 0.2) is 78.6 Å². The number of anilines is 2. The number of esters is 2. The van der Waals surface area contributed by atoms with Crippen molar-refractivity contribution in [1.82, 2.24) is 0 Å². The molecule has 2 aliphatic rings. The van der Waals surface area contributed by atoms with Crippen LogP contribution in [0.3, 0.4) is 0 Å². The highest BCUT2D eigenvalue weighted by molar-refractivity contribution is 9.11. The Kier molecular flexibility index (Phi) is 14.6. The molecule has 6 rings (SSSR count). The van der Waals surface area contributed by atoms with Crippen LogP contribution in [0.25, 0.3) is 0 Å². The van der Waals surface area contributed by atoms with Crippen molar-refractivity contribution in [3.63, 3.8) is 0 Å². The molecule has 2 N–H and O–H groups in total. The normalized spacial score (nSPS) is 14.9. The molecule has 55 heavy (non-hydrogen) atoms. The van der Waals surface area contributed by atoms with Gasteiger partial charge >= 0.3 is 11.9 Å². The molecule has 0 amide bonds. The molecule has 7 nitrogen and oxygen atoms in total. The summed E-state index contributed by atoms with van der Waals surface area (Å²) in [5, 5.41) is 7.49. The van der Waals surface area contributed by atoms with E-state index in [1.807, 2.05) is 25.1 Å². The average molecular weight is 1030 g/mol. The van der Waals surface area contributed by atoms with E-state index in [9.17, 15) is 9.59 Å². The molecule has 0 aliphatic heterocycles. The Morgan fingerprint density at radius 1 is 0.655 bits per heavy atom. The zero-order valence-electron chi connectivity index (χ0n) is 29.8. The minimum absolute atomic E-state index is 0.221. The van der Waals surface area contributed by atoms with E-state index in [2.05, 4.69) is 97.3 Å². The number of nitrogens with one attached hydrogen (secondary N) is 2. The summed E-state index contributed by atoms with van der Waals surface area (Å²) in [6.07, 6.45) is -0.222. The number of hydrogen-bond acceptors (Lipinski definition) is 7. The van der Waals surface area contributed by atoms with E-state index in [4.69, 9.17) is 21.1 Å². The van der Waals surface area contributed by atoms with Gasteiger partial charge in [0.1, 0.15) is 24.7 Å². The zero-order valence-corrected chi connectivity index (χ0v) is 36.9. The molecule has 0 bridgehead atoms. The van der Waals surface area contributed by atoms with Crippen LogP contribution >= 0.6 is 75.3 Å². The Morgan fingerprint density at radius 3 is 1.51 bits per heavy atom. The predicted octanol–water partition coefficient (Wildman–Crippen LogP) is 12.0. The number of benzene rings is 4. The van der Waals surface area contributed by atoms with Crippen LogP contribution in [0.4, 0.5) is 20.2 Å². The Balaban J connectivity index is 0.979. The second-order valence-corrected chi connectivity index (χ2v) is 18.0. The molecule has 0 saturated heterocycles. The van der Waals surface area contributed by atoms with E-state index in [1.165, 1.54) is 25.7 Å². The van der Waals surface area contributed by atoms with Gasteiger partial charge in [0.05, 0.1) is 17.9 Å². The fourth-order valence-electron chi connectivity index (χ4n) is 5.91. The summed E-state index contributed by atoms with van der Waals surface area (Å²) in [4.78, 5) is 25.0. The third-order valence-corrected chi connectivity index (χ3v) is 11.7. The monoisotopic (exact) mass is 1030 g/mol. The van der Waals surface area contributed by atoms with Gasteiger partial charge in [-0.25, -0.2) is 18.4 Å². The van der Waals surface area contributed by atoms with Gasteiger partial charge in [0, 0.05) is 42.3 Å². The number of alkyl halides is 2. The maximum absolute atomic E-state index is 15.1. The third kappa shape index (κ3) is 12.6. The number of carbonyl (C=O) groups excluding carboxylic acids is 2. The van der Waals surface area contributed by atoms with Crippen LogP contribution in [0, 0.1) is 18.8 Å². The smallest absolute Gasteiger partial charge is 0.348 e. The summed E-state index contributed by atoms with van der Waals surface area (Å²) < 4.78 is 49.0. The maximum atomic E-state index is 15.1. The Labute approximate surface area is 358 Å². The Hall–Kier alpha value is -2.71. The highest BCUT2D eigenvalue weighted by Crippen LogP contribution is 2.38. The third-order valence-electron chi connectivity index (χ3n) is 9.10. The van der Waals surface area contributed by atoms with E-state index in [0.717, 1.165) is 47.1 Å². The highest BCUT2D eigenvalue weighted by Gasteiger charge is 2.29. The molecule has 0 aromatic heterocycles. The maximum Gasteiger partial charge on any atom is 0.348 e. The Morgan fingerprint density at radius 2 is 1.07 bits per heavy atom. The minimum atomic E-state index is -2.21. The van der Waals surface area contributed by atoms with Crippen LogP contribution < -0.4 is 20.1 Å². The summed E-state index contributed by atoms with van der Waals surface area (Å²) in [5.74, 6) is -0.501. The van der Waals surface area contributed by atoms with E-state index < -0.39 is 37.1 Å². The van der Waals surface area contributed by atoms with Crippen LogP contribution in [0.2, 0.25) is 5.02 Å². The summed E-state index contributed by atoms with van der Waals surface area (Å²) in [6, 6.07) is 18.4. The molecule has 0 radical (unpaired) electrons. The summed E-state index contributed by atoms with van der Waals surface area (Å²) >= 11 is 20.2. The number of halogens is 7. The van der Waals surface area contributed by atoms with Gasteiger partial charge in [-0.1, -0.05) is 17.7 Å². The first-order valence-corrected chi connectivity index (χ1v) is 21.5. The fraction of sp³-hybridized carbons (Fsp3) is 0.366. The van der Waals surface area contributed by atoms with Crippen molar-refractivity contribution in [2.75, 3.05) is 23.7 Å². The number of aryl methyl sites for hydroxylation is 1. The molecular formula is C41H39Br4ClF2N2O5. The summed E-state index contributed by atoms with van der Waals surface area (Å²) in [5.41, 5.74) is 5.79. The molecule has 2 saturated carbocycles. The van der Waals surface area contributed by atoms with Crippen molar-refractivity contribution in [3.05, 3.63) is 111 Å². The van der Waals surface area contributed by atoms with E-state index >= 15 is 8.78 Å². The van der Waals surface area contributed by atoms with Crippen molar-refractivity contribution in [2.24, 2.45) is 11.8 Å². The lowest BCUT2D eigenvalue weighted by Crippen LogP contribution is -2.29. The summed E-state index contributed by atoms with van der Waals surface area (Å²) in [7, 11) is 0. The van der Waals surface area contributed by atoms with Gasteiger partial charge in [-0.2, -0.15) is 0 Å². The second kappa shape index (κ2) is 19.2.